The summed E-state index contributed by atoms with van der Waals surface area (Å²) in [7, 11) is 0. The number of rotatable bonds is 4. The normalized spacial score (nSPS) is 10.4. The number of thioether (sulfide) groups is 1. The first-order valence-corrected chi connectivity index (χ1v) is 6.78. The van der Waals surface area contributed by atoms with Crippen molar-refractivity contribution in [3.63, 3.8) is 0 Å². The van der Waals surface area contributed by atoms with Crippen molar-refractivity contribution in [2.45, 2.75) is 17.6 Å². The Kier molecular flexibility index (Phi) is 4.06. The van der Waals surface area contributed by atoms with Gasteiger partial charge in [0.25, 0.3) is 0 Å². The number of hydrogen-bond donors (Lipinski definition) is 2. The van der Waals surface area contributed by atoms with Gasteiger partial charge < -0.3 is 11.5 Å². The van der Waals surface area contributed by atoms with Crippen LogP contribution in [0.25, 0.3) is 0 Å². The number of benzene rings is 1. The number of nitrogen functional groups attached to an aromatic ring is 1. The second-order valence-electron chi connectivity index (χ2n) is 4.21. The summed E-state index contributed by atoms with van der Waals surface area (Å²) < 4.78 is 0. The van der Waals surface area contributed by atoms with Gasteiger partial charge in [-0.25, -0.2) is 0 Å². The molecule has 0 atom stereocenters. The zero-order valence-electron chi connectivity index (χ0n) is 10.6. The minimum absolute atomic E-state index is 0.402. The zero-order chi connectivity index (χ0) is 13.8. The minimum Gasteiger partial charge on any atom is -0.397 e. The van der Waals surface area contributed by atoms with E-state index in [2.05, 4.69) is 4.98 Å². The first-order chi connectivity index (χ1) is 9.08. The monoisotopic (exact) mass is 273 g/mol. The number of nitrogens with two attached hydrogens (primary N) is 2. The molecule has 2 rings (SSSR count). The molecule has 98 valence electrons. The average Bonchev–Trinajstić information content (AvgIpc) is 2.39. The topological polar surface area (TPSA) is 82.0 Å². The maximum absolute atomic E-state index is 11.1. The number of aryl methyl sites for hydroxylation is 1. The van der Waals surface area contributed by atoms with E-state index in [0.717, 1.165) is 21.8 Å². The number of anilines is 1. The summed E-state index contributed by atoms with van der Waals surface area (Å²) in [4.78, 5) is 16.0. The molecule has 4 nitrogen and oxygen atoms in total. The lowest BCUT2D eigenvalue weighted by atomic mass is 10.1. The minimum atomic E-state index is -0.402. The molecule has 19 heavy (non-hydrogen) atoms. The molecule has 0 spiro atoms. The first kappa shape index (κ1) is 13.4. The van der Waals surface area contributed by atoms with Gasteiger partial charge in [-0.1, -0.05) is 6.07 Å². The average molecular weight is 273 g/mol. The fraction of sp³-hybridized carbons (Fsp3) is 0.143. The van der Waals surface area contributed by atoms with Crippen LogP contribution in [0.2, 0.25) is 0 Å². The summed E-state index contributed by atoms with van der Waals surface area (Å²) in [6, 6.07) is 7.39. The highest BCUT2D eigenvalue weighted by Crippen LogP contribution is 2.28. The van der Waals surface area contributed by atoms with Gasteiger partial charge in [0.05, 0.1) is 11.9 Å². The third-order valence-corrected chi connectivity index (χ3v) is 3.96. The lowest BCUT2D eigenvalue weighted by Gasteiger charge is -2.08. The van der Waals surface area contributed by atoms with Crippen molar-refractivity contribution in [1.29, 1.82) is 0 Å². The molecule has 0 aliphatic carbocycles. The molecule has 0 radical (unpaired) electrons. The number of primary amides is 1. The number of carbonyl (C=O) groups excluding carboxylic acids is 1. The highest BCUT2D eigenvalue weighted by atomic mass is 32.2. The Morgan fingerprint density at radius 1 is 1.37 bits per heavy atom. The third-order valence-electron chi connectivity index (χ3n) is 2.82. The molecule has 0 fully saturated rings. The van der Waals surface area contributed by atoms with Gasteiger partial charge in [-0.2, -0.15) is 0 Å². The molecule has 1 heterocycles. The first-order valence-electron chi connectivity index (χ1n) is 5.79. The number of nitrogens with zero attached hydrogens (tertiary/aromatic N) is 1. The lowest BCUT2D eigenvalue weighted by Crippen LogP contribution is -2.11. The van der Waals surface area contributed by atoms with Crippen LogP contribution in [0, 0.1) is 6.92 Å². The predicted molar refractivity (Wildman–Crippen MR) is 77.9 cm³/mol. The standard InChI is InChI=1S/C14H15N3OS/c1-9-6-10(14(16)18)2-3-11(9)8-19-13-4-5-17-7-12(13)15/h2-7H,8,15H2,1H3,(H2,16,18). The molecule has 0 aliphatic rings. The van der Waals surface area contributed by atoms with Crippen molar-refractivity contribution in [3.8, 4) is 0 Å². The maximum atomic E-state index is 11.1. The molecule has 0 bridgehead atoms. The van der Waals surface area contributed by atoms with Gasteiger partial charge in [-0.15, -0.1) is 11.8 Å². The molecule has 1 aromatic carbocycles. The maximum Gasteiger partial charge on any atom is 0.248 e. The Labute approximate surface area is 116 Å². The predicted octanol–water partition coefficient (Wildman–Crippen LogP) is 2.36. The molecule has 0 saturated heterocycles. The number of carbonyl (C=O) groups is 1. The summed E-state index contributed by atoms with van der Waals surface area (Å²) in [5, 5.41) is 0. The van der Waals surface area contributed by atoms with Crippen LogP contribution in [-0.2, 0) is 5.75 Å². The van der Waals surface area contributed by atoms with Crippen LogP contribution in [-0.4, -0.2) is 10.9 Å². The van der Waals surface area contributed by atoms with Gasteiger partial charge in [-0.3, -0.25) is 9.78 Å². The van der Waals surface area contributed by atoms with Crippen molar-refractivity contribution < 1.29 is 4.79 Å². The largest absolute Gasteiger partial charge is 0.397 e. The van der Waals surface area contributed by atoms with E-state index in [1.807, 2.05) is 25.1 Å². The highest BCUT2D eigenvalue weighted by Gasteiger charge is 2.06. The van der Waals surface area contributed by atoms with E-state index in [1.165, 1.54) is 0 Å². The molecule has 4 N–H and O–H groups in total. The zero-order valence-corrected chi connectivity index (χ0v) is 11.4. The van der Waals surface area contributed by atoms with Crippen LogP contribution in [0.3, 0.4) is 0 Å². The molecular weight excluding hydrogens is 258 g/mol. The SMILES string of the molecule is Cc1cc(C(N)=O)ccc1CSc1ccncc1N. The van der Waals surface area contributed by atoms with Crippen LogP contribution in [0.5, 0.6) is 0 Å². The number of hydrogen-bond acceptors (Lipinski definition) is 4. The Balaban J connectivity index is 2.12. The Morgan fingerprint density at radius 2 is 2.16 bits per heavy atom. The van der Waals surface area contributed by atoms with Crippen molar-refractivity contribution >= 4 is 23.4 Å². The summed E-state index contributed by atoms with van der Waals surface area (Å²) in [6.45, 7) is 1.97. The van der Waals surface area contributed by atoms with E-state index in [9.17, 15) is 4.79 Å². The molecule has 2 aromatic rings. The number of amides is 1. The molecular formula is C14H15N3OS. The van der Waals surface area contributed by atoms with E-state index in [0.29, 0.717) is 11.3 Å². The van der Waals surface area contributed by atoms with Gasteiger partial charge in [0.15, 0.2) is 0 Å². The van der Waals surface area contributed by atoms with Crippen LogP contribution in [0.15, 0.2) is 41.6 Å². The van der Waals surface area contributed by atoms with Crippen LogP contribution in [0.1, 0.15) is 21.5 Å². The number of pyridine rings is 1. The lowest BCUT2D eigenvalue weighted by molar-refractivity contribution is 0.1000. The van der Waals surface area contributed by atoms with Gasteiger partial charge >= 0.3 is 0 Å². The Bertz CT molecular complexity index is 613. The van der Waals surface area contributed by atoms with Crippen LogP contribution >= 0.6 is 11.8 Å². The van der Waals surface area contributed by atoms with Gasteiger partial charge in [0, 0.05) is 22.4 Å². The van der Waals surface area contributed by atoms with Gasteiger partial charge in [-0.05, 0) is 36.2 Å². The van der Waals surface area contributed by atoms with Crippen molar-refractivity contribution in [3.05, 3.63) is 53.3 Å². The van der Waals surface area contributed by atoms with E-state index < -0.39 is 5.91 Å². The number of aromatic nitrogens is 1. The smallest absolute Gasteiger partial charge is 0.248 e. The highest BCUT2D eigenvalue weighted by molar-refractivity contribution is 7.98. The third kappa shape index (κ3) is 3.26. The quantitative estimate of drug-likeness (QED) is 0.838. The second-order valence-corrected chi connectivity index (χ2v) is 5.22. The van der Waals surface area contributed by atoms with E-state index in [4.69, 9.17) is 11.5 Å². The van der Waals surface area contributed by atoms with Gasteiger partial charge in [0.2, 0.25) is 5.91 Å². The summed E-state index contributed by atoms with van der Waals surface area (Å²) in [5.41, 5.74) is 14.5. The van der Waals surface area contributed by atoms with Gasteiger partial charge in [0.1, 0.15) is 0 Å². The van der Waals surface area contributed by atoms with Crippen molar-refractivity contribution in [1.82, 2.24) is 4.98 Å². The van der Waals surface area contributed by atoms with E-state index >= 15 is 0 Å². The molecule has 0 aliphatic heterocycles. The molecule has 0 saturated carbocycles. The second kappa shape index (κ2) is 5.75. The summed E-state index contributed by atoms with van der Waals surface area (Å²) in [5.74, 6) is 0.389. The Morgan fingerprint density at radius 3 is 2.79 bits per heavy atom. The summed E-state index contributed by atoms with van der Waals surface area (Å²) in [6.07, 6.45) is 3.37. The van der Waals surface area contributed by atoms with Crippen molar-refractivity contribution in [2.24, 2.45) is 5.73 Å². The molecule has 1 amide bonds. The van der Waals surface area contributed by atoms with Crippen molar-refractivity contribution in [2.75, 3.05) is 5.73 Å². The molecule has 0 unspecified atom stereocenters. The molecule has 1 aromatic heterocycles. The fourth-order valence-corrected chi connectivity index (χ4v) is 2.70. The van der Waals surface area contributed by atoms with E-state index in [1.54, 1.807) is 30.2 Å². The fourth-order valence-electron chi connectivity index (χ4n) is 1.69. The summed E-state index contributed by atoms with van der Waals surface area (Å²) >= 11 is 1.65. The molecule has 5 heteroatoms. The van der Waals surface area contributed by atoms with Crippen LogP contribution < -0.4 is 11.5 Å². The van der Waals surface area contributed by atoms with Crippen LogP contribution in [0.4, 0.5) is 5.69 Å². The Hall–Kier alpha value is -2.01. The van der Waals surface area contributed by atoms with E-state index in [-0.39, 0.29) is 0 Å².